The highest BCUT2D eigenvalue weighted by molar-refractivity contribution is 5.83. The fourth-order valence-corrected chi connectivity index (χ4v) is 1.86. The largest absolute Gasteiger partial charge is 0.352 e. The van der Waals surface area contributed by atoms with Crippen LogP contribution in [0.5, 0.6) is 0 Å². The molecule has 0 radical (unpaired) electrons. The van der Waals surface area contributed by atoms with E-state index in [0.29, 0.717) is 13.0 Å². The molecular weight excluding hydrogens is 210 g/mol. The van der Waals surface area contributed by atoms with Gasteiger partial charge in [-0.1, -0.05) is 43.3 Å². The molecule has 2 rings (SSSR count). The quantitative estimate of drug-likeness (QED) is 0.853. The zero-order valence-corrected chi connectivity index (χ0v) is 10.1. The second-order valence-electron chi connectivity index (χ2n) is 4.21. The Kier molecular flexibility index (Phi) is 3.76. The Morgan fingerprint density at radius 1 is 1.12 bits per heavy atom. The monoisotopic (exact) mass is 227 g/mol. The molecule has 88 valence electrons. The van der Waals surface area contributed by atoms with Crippen molar-refractivity contribution >= 4 is 16.7 Å². The Morgan fingerprint density at radius 2 is 1.88 bits per heavy atom. The normalized spacial score (nSPS) is 10.4. The van der Waals surface area contributed by atoms with E-state index in [-0.39, 0.29) is 5.91 Å². The number of amides is 1. The van der Waals surface area contributed by atoms with Crippen LogP contribution in [0.2, 0.25) is 0 Å². The van der Waals surface area contributed by atoms with Gasteiger partial charge in [-0.3, -0.25) is 4.79 Å². The number of rotatable bonds is 4. The summed E-state index contributed by atoms with van der Waals surface area (Å²) >= 11 is 0. The maximum atomic E-state index is 11.4. The summed E-state index contributed by atoms with van der Waals surface area (Å²) < 4.78 is 0. The van der Waals surface area contributed by atoms with Gasteiger partial charge in [0.1, 0.15) is 0 Å². The van der Waals surface area contributed by atoms with Crippen LogP contribution in [0.4, 0.5) is 0 Å². The summed E-state index contributed by atoms with van der Waals surface area (Å²) in [4.78, 5) is 11.4. The molecule has 0 unspecified atom stereocenters. The smallest absolute Gasteiger partial charge is 0.220 e. The van der Waals surface area contributed by atoms with Gasteiger partial charge in [-0.05, 0) is 28.8 Å². The molecule has 0 spiro atoms. The zero-order valence-electron chi connectivity index (χ0n) is 10.1. The Morgan fingerprint density at radius 3 is 2.65 bits per heavy atom. The lowest BCUT2D eigenvalue weighted by Crippen LogP contribution is -2.21. The number of nitrogens with one attached hydrogen (secondary N) is 1. The molecule has 0 aliphatic rings. The van der Waals surface area contributed by atoms with Crippen LogP contribution in [0.1, 0.15) is 25.3 Å². The second kappa shape index (κ2) is 5.48. The topological polar surface area (TPSA) is 29.1 Å². The SMILES string of the molecule is CCCC(=O)NCc1ccc2ccccc2c1. The summed E-state index contributed by atoms with van der Waals surface area (Å²) in [6.07, 6.45) is 1.50. The average molecular weight is 227 g/mol. The molecule has 0 aromatic heterocycles. The van der Waals surface area contributed by atoms with Crippen molar-refractivity contribution in [2.24, 2.45) is 0 Å². The standard InChI is InChI=1S/C15H17NO/c1-2-5-15(17)16-11-12-8-9-13-6-3-4-7-14(13)10-12/h3-4,6-10H,2,5,11H2,1H3,(H,16,17). The van der Waals surface area contributed by atoms with Gasteiger partial charge in [-0.25, -0.2) is 0 Å². The van der Waals surface area contributed by atoms with Crippen molar-refractivity contribution in [1.29, 1.82) is 0 Å². The molecule has 0 aliphatic heterocycles. The first kappa shape index (κ1) is 11.6. The van der Waals surface area contributed by atoms with Crippen LogP contribution in [0.15, 0.2) is 42.5 Å². The van der Waals surface area contributed by atoms with Crippen molar-refractivity contribution in [2.45, 2.75) is 26.3 Å². The number of hydrogen-bond acceptors (Lipinski definition) is 1. The molecule has 0 heterocycles. The molecule has 0 bridgehead atoms. The number of benzene rings is 2. The number of carbonyl (C=O) groups excluding carboxylic acids is 1. The van der Waals surface area contributed by atoms with E-state index < -0.39 is 0 Å². The Balaban J connectivity index is 2.06. The molecule has 0 saturated heterocycles. The summed E-state index contributed by atoms with van der Waals surface area (Å²) in [6, 6.07) is 14.5. The predicted octanol–water partition coefficient (Wildman–Crippen LogP) is 3.26. The van der Waals surface area contributed by atoms with Gasteiger partial charge < -0.3 is 5.32 Å². The van der Waals surface area contributed by atoms with Gasteiger partial charge in [0.15, 0.2) is 0 Å². The summed E-state index contributed by atoms with van der Waals surface area (Å²) in [5, 5.41) is 5.38. The minimum absolute atomic E-state index is 0.126. The van der Waals surface area contributed by atoms with Crippen molar-refractivity contribution in [3.63, 3.8) is 0 Å². The van der Waals surface area contributed by atoms with Crippen molar-refractivity contribution in [3.05, 3.63) is 48.0 Å². The van der Waals surface area contributed by atoms with Crippen LogP contribution in [-0.4, -0.2) is 5.91 Å². The van der Waals surface area contributed by atoms with Crippen LogP contribution in [0.25, 0.3) is 10.8 Å². The van der Waals surface area contributed by atoms with Crippen molar-refractivity contribution in [3.8, 4) is 0 Å². The van der Waals surface area contributed by atoms with E-state index in [4.69, 9.17) is 0 Å². The first-order chi connectivity index (χ1) is 8.29. The number of hydrogen-bond donors (Lipinski definition) is 1. The summed E-state index contributed by atoms with van der Waals surface area (Å²) in [5.74, 6) is 0.126. The van der Waals surface area contributed by atoms with E-state index >= 15 is 0 Å². The van der Waals surface area contributed by atoms with Gasteiger partial charge in [0.05, 0.1) is 0 Å². The van der Waals surface area contributed by atoms with E-state index in [9.17, 15) is 4.79 Å². The molecular formula is C15H17NO. The number of fused-ring (bicyclic) bond motifs is 1. The number of carbonyl (C=O) groups is 1. The Labute approximate surface area is 102 Å². The molecule has 0 fully saturated rings. The summed E-state index contributed by atoms with van der Waals surface area (Å²) in [7, 11) is 0. The van der Waals surface area contributed by atoms with Gasteiger partial charge in [0.2, 0.25) is 5.91 Å². The van der Waals surface area contributed by atoms with E-state index in [1.165, 1.54) is 10.8 Å². The van der Waals surface area contributed by atoms with Crippen LogP contribution in [0, 0.1) is 0 Å². The van der Waals surface area contributed by atoms with E-state index in [2.05, 4.69) is 35.6 Å². The lowest BCUT2D eigenvalue weighted by Gasteiger charge is -2.05. The molecule has 2 nitrogen and oxygen atoms in total. The van der Waals surface area contributed by atoms with Gasteiger partial charge >= 0.3 is 0 Å². The van der Waals surface area contributed by atoms with Gasteiger partial charge in [0.25, 0.3) is 0 Å². The third kappa shape index (κ3) is 3.06. The van der Waals surface area contributed by atoms with Crippen LogP contribution < -0.4 is 5.32 Å². The minimum Gasteiger partial charge on any atom is -0.352 e. The van der Waals surface area contributed by atoms with Gasteiger partial charge in [-0.15, -0.1) is 0 Å². The van der Waals surface area contributed by atoms with Gasteiger partial charge in [0, 0.05) is 13.0 Å². The highest BCUT2D eigenvalue weighted by Gasteiger charge is 2.00. The fraction of sp³-hybridized carbons (Fsp3) is 0.267. The van der Waals surface area contributed by atoms with E-state index in [1.807, 2.05) is 19.1 Å². The fourth-order valence-electron chi connectivity index (χ4n) is 1.86. The second-order valence-corrected chi connectivity index (χ2v) is 4.21. The van der Waals surface area contributed by atoms with Crippen LogP contribution in [0.3, 0.4) is 0 Å². The Bertz CT molecular complexity index is 519. The molecule has 1 N–H and O–H groups in total. The van der Waals surface area contributed by atoms with Crippen molar-refractivity contribution in [1.82, 2.24) is 5.32 Å². The third-order valence-electron chi connectivity index (χ3n) is 2.78. The van der Waals surface area contributed by atoms with Crippen molar-refractivity contribution < 1.29 is 4.79 Å². The Hall–Kier alpha value is -1.83. The molecule has 1 amide bonds. The summed E-state index contributed by atoms with van der Waals surface area (Å²) in [5.41, 5.74) is 1.15. The molecule has 0 atom stereocenters. The first-order valence-electron chi connectivity index (χ1n) is 6.04. The van der Waals surface area contributed by atoms with E-state index in [1.54, 1.807) is 0 Å². The third-order valence-corrected chi connectivity index (χ3v) is 2.78. The molecule has 2 aromatic carbocycles. The molecule has 2 aromatic rings. The molecule has 17 heavy (non-hydrogen) atoms. The van der Waals surface area contributed by atoms with Gasteiger partial charge in [-0.2, -0.15) is 0 Å². The highest BCUT2D eigenvalue weighted by Crippen LogP contribution is 2.15. The summed E-state index contributed by atoms with van der Waals surface area (Å²) in [6.45, 7) is 2.62. The average Bonchev–Trinajstić information content (AvgIpc) is 2.36. The predicted molar refractivity (Wildman–Crippen MR) is 70.7 cm³/mol. The maximum absolute atomic E-state index is 11.4. The minimum atomic E-state index is 0.126. The molecule has 0 saturated carbocycles. The van der Waals surface area contributed by atoms with Crippen molar-refractivity contribution in [2.75, 3.05) is 0 Å². The lowest BCUT2D eigenvalue weighted by atomic mass is 10.1. The molecule has 0 aliphatic carbocycles. The van der Waals surface area contributed by atoms with E-state index in [0.717, 1.165) is 12.0 Å². The van der Waals surface area contributed by atoms with Crippen LogP contribution >= 0.6 is 0 Å². The maximum Gasteiger partial charge on any atom is 0.220 e. The zero-order chi connectivity index (χ0) is 12.1. The highest BCUT2D eigenvalue weighted by atomic mass is 16.1. The molecule has 2 heteroatoms. The van der Waals surface area contributed by atoms with Crippen LogP contribution in [-0.2, 0) is 11.3 Å². The first-order valence-corrected chi connectivity index (χ1v) is 6.04. The lowest BCUT2D eigenvalue weighted by molar-refractivity contribution is -0.121.